The summed E-state index contributed by atoms with van der Waals surface area (Å²) in [7, 11) is 1.10. The van der Waals surface area contributed by atoms with Crippen LogP contribution in [0.1, 0.15) is 15.9 Å². The van der Waals surface area contributed by atoms with Gasteiger partial charge in [-0.2, -0.15) is 0 Å². The van der Waals surface area contributed by atoms with Gasteiger partial charge in [0.05, 0.1) is 17.6 Å². The third kappa shape index (κ3) is 5.11. The Hall–Kier alpha value is -3.31. The van der Waals surface area contributed by atoms with Crippen LogP contribution < -0.4 is 5.56 Å². The van der Waals surface area contributed by atoms with Gasteiger partial charge in [0.25, 0.3) is 0 Å². The second kappa shape index (κ2) is 9.88. The number of rotatable bonds is 6. The Morgan fingerprint density at radius 1 is 1.25 bits per heavy atom. The number of ether oxygens (including phenoxy) is 1. The number of benzene rings is 1. The van der Waals surface area contributed by atoms with Crippen molar-refractivity contribution in [2.45, 2.75) is 13.1 Å². The number of nitro groups is 1. The molecule has 0 N–H and O–H groups in total. The minimum Gasteiger partial charge on any atom is -0.465 e. The lowest BCUT2D eigenvalue weighted by Crippen LogP contribution is -2.49. The van der Waals surface area contributed by atoms with Gasteiger partial charge in [-0.3, -0.25) is 29.2 Å². The fourth-order valence-electron chi connectivity index (χ4n) is 3.41. The summed E-state index contributed by atoms with van der Waals surface area (Å²) < 4.78 is 19.4. The molecule has 12 heteroatoms. The Bertz CT molecular complexity index is 1090. The molecule has 1 aliphatic heterocycles. The second-order valence-corrected chi connectivity index (χ2v) is 7.56. The average molecular weight is 467 g/mol. The van der Waals surface area contributed by atoms with Crippen molar-refractivity contribution in [1.82, 2.24) is 14.4 Å². The van der Waals surface area contributed by atoms with E-state index >= 15 is 0 Å². The van der Waals surface area contributed by atoms with Crippen LogP contribution in [0.3, 0.4) is 0 Å². The summed E-state index contributed by atoms with van der Waals surface area (Å²) in [5, 5.41) is 11.5. The number of halogens is 2. The van der Waals surface area contributed by atoms with Gasteiger partial charge in [0.15, 0.2) is 0 Å². The topological polar surface area (TPSA) is 115 Å². The van der Waals surface area contributed by atoms with Gasteiger partial charge in [-0.25, -0.2) is 9.18 Å². The van der Waals surface area contributed by atoms with E-state index in [0.717, 1.165) is 23.9 Å². The Morgan fingerprint density at radius 2 is 1.94 bits per heavy atom. The lowest BCUT2D eigenvalue weighted by atomic mass is 10.2. The molecule has 2 heterocycles. The van der Waals surface area contributed by atoms with Crippen molar-refractivity contribution in [3.63, 3.8) is 0 Å². The number of carbonyl (C=O) groups is 2. The average Bonchev–Trinajstić information content (AvgIpc) is 2.77. The van der Waals surface area contributed by atoms with Crippen LogP contribution in [0.25, 0.3) is 0 Å². The molecule has 1 fully saturated rings. The van der Waals surface area contributed by atoms with E-state index in [1.165, 1.54) is 17.0 Å². The summed E-state index contributed by atoms with van der Waals surface area (Å²) >= 11 is 6.07. The largest absolute Gasteiger partial charge is 0.465 e. The Kier molecular flexibility index (Phi) is 7.21. The van der Waals surface area contributed by atoms with Crippen molar-refractivity contribution in [3.8, 4) is 0 Å². The molecule has 0 bridgehead atoms. The van der Waals surface area contributed by atoms with Gasteiger partial charge < -0.3 is 9.64 Å². The van der Waals surface area contributed by atoms with E-state index in [-0.39, 0.29) is 5.56 Å². The van der Waals surface area contributed by atoms with Crippen LogP contribution >= 0.6 is 11.6 Å². The van der Waals surface area contributed by atoms with E-state index in [2.05, 4.69) is 4.74 Å². The summed E-state index contributed by atoms with van der Waals surface area (Å²) in [5.74, 6) is -1.70. The first-order valence-electron chi connectivity index (χ1n) is 9.61. The van der Waals surface area contributed by atoms with Gasteiger partial charge in [0, 0.05) is 55.6 Å². The first kappa shape index (κ1) is 23.4. The SMILES string of the molecule is COC(=O)c1cc([N+](=O)[O-])c(=O)n(CC(=O)N2CCN(Cc3c(F)cccc3Cl)CC2)c1. The number of aromatic nitrogens is 1. The number of hydrogen-bond acceptors (Lipinski definition) is 7. The number of nitrogens with zero attached hydrogens (tertiary/aromatic N) is 4. The minimum atomic E-state index is -0.996. The molecular weight excluding hydrogens is 447 g/mol. The molecular formula is C20H20ClFN4O6. The highest BCUT2D eigenvalue weighted by molar-refractivity contribution is 6.31. The maximum Gasteiger partial charge on any atom is 0.339 e. The molecule has 32 heavy (non-hydrogen) atoms. The molecule has 0 unspecified atom stereocenters. The second-order valence-electron chi connectivity index (χ2n) is 7.15. The smallest absolute Gasteiger partial charge is 0.339 e. The van der Waals surface area contributed by atoms with Crippen LogP contribution in [-0.4, -0.2) is 64.5 Å². The number of pyridine rings is 1. The van der Waals surface area contributed by atoms with E-state index in [4.69, 9.17) is 11.6 Å². The van der Waals surface area contributed by atoms with Crippen LogP contribution in [0.4, 0.5) is 10.1 Å². The van der Waals surface area contributed by atoms with Gasteiger partial charge in [-0.1, -0.05) is 17.7 Å². The zero-order valence-electron chi connectivity index (χ0n) is 17.1. The number of amides is 1. The Labute approximate surface area is 186 Å². The van der Waals surface area contributed by atoms with E-state index in [9.17, 15) is 28.9 Å². The molecule has 1 aliphatic rings. The van der Waals surface area contributed by atoms with Crippen LogP contribution in [0, 0.1) is 15.9 Å². The Balaban J connectivity index is 1.68. The molecule has 170 valence electrons. The molecule has 0 saturated carbocycles. The lowest BCUT2D eigenvalue weighted by Gasteiger charge is -2.35. The summed E-state index contributed by atoms with van der Waals surface area (Å²) in [6.07, 6.45) is 1.06. The third-order valence-corrected chi connectivity index (χ3v) is 5.51. The van der Waals surface area contributed by atoms with Crippen molar-refractivity contribution in [1.29, 1.82) is 0 Å². The van der Waals surface area contributed by atoms with Gasteiger partial charge in [-0.05, 0) is 12.1 Å². The lowest BCUT2D eigenvalue weighted by molar-refractivity contribution is -0.386. The number of hydrogen-bond donors (Lipinski definition) is 0. The van der Waals surface area contributed by atoms with Crippen LogP contribution in [0.2, 0.25) is 5.02 Å². The van der Waals surface area contributed by atoms with E-state index < -0.39 is 40.4 Å². The standard InChI is InChI=1S/C20H20ClFN4O6/c1-32-20(29)13-9-17(26(30)31)19(28)25(10-13)12-18(27)24-7-5-23(6-8-24)11-14-15(21)3-2-4-16(14)22/h2-4,9-10H,5-8,11-12H2,1H3. The molecule has 0 atom stereocenters. The number of methoxy groups -OCH3 is 1. The predicted molar refractivity (Wildman–Crippen MR) is 112 cm³/mol. The molecule has 2 aromatic rings. The minimum absolute atomic E-state index is 0.210. The fraction of sp³-hybridized carbons (Fsp3) is 0.350. The first-order valence-corrected chi connectivity index (χ1v) is 9.99. The number of piperazine rings is 1. The van der Waals surface area contributed by atoms with Crippen LogP contribution in [0.15, 0.2) is 35.3 Å². The zero-order valence-corrected chi connectivity index (χ0v) is 17.9. The number of esters is 1. The fourth-order valence-corrected chi connectivity index (χ4v) is 3.63. The van der Waals surface area contributed by atoms with Crippen molar-refractivity contribution < 1.29 is 23.6 Å². The third-order valence-electron chi connectivity index (χ3n) is 5.16. The van der Waals surface area contributed by atoms with Gasteiger partial charge in [0.1, 0.15) is 12.4 Å². The molecule has 10 nitrogen and oxygen atoms in total. The maximum atomic E-state index is 14.0. The van der Waals surface area contributed by atoms with Crippen molar-refractivity contribution in [2.75, 3.05) is 33.3 Å². The quantitative estimate of drug-likeness (QED) is 0.361. The summed E-state index contributed by atoms with van der Waals surface area (Å²) in [6.45, 7) is 1.36. The molecule has 0 radical (unpaired) electrons. The maximum absolute atomic E-state index is 14.0. The molecule has 1 aromatic carbocycles. The monoisotopic (exact) mass is 466 g/mol. The molecule has 1 saturated heterocycles. The number of carbonyl (C=O) groups excluding carboxylic acids is 2. The van der Waals surface area contributed by atoms with Crippen molar-refractivity contribution >= 4 is 29.2 Å². The molecule has 1 amide bonds. The molecule has 0 spiro atoms. The highest BCUT2D eigenvalue weighted by Gasteiger charge is 2.25. The van der Waals surface area contributed by atoms with Gasteiger partial charge >= 0.3 is 17.2 Å². The van der Waals surface area contributed by atoms with Crippen LogP contribution in [0.5, 0.6) is 0 Å². The van der Waals surface area contributed by atoms with Crippen molar-refractivity contribution in [2.24, 2.45) is 0 Å². The van der Waals surface area contributed by atoms with E-state index in [0.29, 0.717) is 43.3 Å². The highest BCUT2D eigenvalue weighted by Crippen LogP contribution is 2.21. The molecule has 1 aromatic heterocycles. The predicted octanol–water partition coefficient (Wildman–Crippen LogP) is 1.68. The van der Waals surface area contributed by atoms with Gasteiger partial charge in [-0.15, -0.1) is 0 Å². The first-order chi connectivity index (χ1) is 15.2. The van der Waals surface area contributed by atoms with Crippen LogP contribution in [-0.2, 0) is 22.6 Å². The molecule has 0 aliphatic carbocycles. The van der Waals surface area contributed by atoms with Crippen molar-refractivity contribution in [3.05, 3.63) is 72.9 Å². The normalized spacial score (nSPS) is 14.3. The van der Waals surface area contributed by atoms with E-state index in [1.807, 2.05) is 4.90 Å². The highest BCUT2D eigenvalue weighted by atomic mass is 35.5. The van der Waals surface area contributed by atoms with Gasteiger partial charge in [0.2, 0.25) is 5.91 Å². The zero-order chi connectivity index (χ0) is 23.4. The van der Waals surface area contributed by atoms with E-state index in [1.54, 1.807) is 6.07 Å². The molecule has 3 rings (SSSR count). The summed E-state index contributed by atoms with van der Waals surface area (Å²) in [4.78, 5) is 50.5. The summed E-state index contributed by atoms with van der Waals surface area (Å²) in [6, 6.07) is 5.29. The Morgan fingerprint density at radius 3 is 2.53 bits per heavy atom. The summed E-state index contributed by atoms with van der Waals surface area (Å²) in [5.41, 5.74) is -1.65.